The Balaban J connectivity index is 3.31. The van der Waals surface area contributed by atoms with Crippen LogP contribution >= 0.6 is 22.6 Å². The van der Waals surface area contributed by atoms with Gasteiger partial charge in [0.1, 0.15) is 3.70 Å². The SMILES string of the molecule is Cc1nc(I)cc(N)c1N. The van der Waals surface area contributed by atoms with E-state index in [0.29, 0.717) is 11.4 Å². The normalized spacial score (nSPS) is 9.80. The van der Waals surface area contributed by atoms with Crippen LogP contribution in [0.1, 0.15) is 5.69 Å². The molecule has 0 aliphatic carbocycles. The van der Waals surface area contributed by atoms with Crippen LogP contribution in [0, 0.1) is 10.6 Å². The van der Waals surface area contributed by atoms with E-state index in [4.69, 9.17) is 11.5 Å². The third-order valence-electron chi connectivity index (χ3n) is 1.25. The van der Waals surface area contributed by atoms with Crippen molar-refractivity contribution in [3.63, 3.8) is 0 Å². The van der Waals surface area contributed by atoms with Gasteiger partial charge in [-0.25, -0.2) is 4.98 Å². The minimum Gasteiger partial charge on any atom is -0.397 e. The van der Waals surface area contributed by atoms with E-state index in [2.05, 4.69) is 27.6 Å². The zero-order valence-electron chi connectivity index (χ0n) is 5.56. The standard InChI is InChI=1S/C6H8IN3/c1-3-6(9)4(8)2-5(7)10-3/h2H,9H2,1H3,(H2,8,10). The molecule has 3 nitrogen and oxygen atoms in total. The number of hydrogen-bond acceptors (Lipinski definition) is 3. The molecule has 0 aliphatic heterocycles. The maximum Gasteiger partial charge on any atom is 0.103 e. The van der Waals surface area contributed by atoms with E-state index >= 15 is 0 Å². The smallest absolute Gasteiger partial charge is 0.103 e. The summed E-state index contributed by atoms with van der Waals surface area (Å²) in [6.07, 6.45) is 0. The highest BCUT2D eigenvalue weighted by atomic mass is 127. The van der Waals surface area contributed by atoms with Crippen molar-refractivity contribution in [3.05, 3.63) is 15.5 Å². The van der Waals surface area contributed by atoms with Gasteiger partial charge in [0, 0.05) is 0 Å². The Morgan fingerprint density at radius 2 is 2.10 bits per heavy atom. The van der Waals surface area contributed by atoms with Crippen molar-refractivity contribution in [2.24, 2.45) is 0 Å². The Hall–Kier alpha value is -0.520. The first-order valence-corrected chi connectivity index (χ1v) is 3.87. The molecular weight excluding hydrogens is 241 g/mol. The van der Waals surface area contributed by atoms with Crippen molar-refractivity contribution in [1.29, 1.82) is 0 Å². The number of nitrogens with zero attached hydrogens (tertiary/aromatic N) is 1. The Kier molecular flexibility index (Phi) is 1.98. The third kappa shape index (κ3) is 1.31. The van der Waals surface area contributed by atoms with Crippen molar-refractivity contribution in [1.82, 2.24) is 4.98 Å². The first kappa shape index (κ1) is 7.59. The fourth-order valence-corrected chi connectivity index (χ4v) is 1.36. The molecule has 4 heteroatoms. The molecule has 1 aromatic heterocycles. The second-order valence-corrected chi connectivity index (χ2v) is 3.14. The lowest BCUT2D eigenvalue weighted by atomic mass is 10.3. The summed E-state index contributed by atoms with van der Waals surface area (Å²) in [5, 5.41) is 0. The molecule has 0 aliphatic rings. The Labute approximate surface area is 73.0 Å². The summed E-state index contributed by atoms with van der Waals surface area (Å²) >= 11 is 2.10. The number of rotatable bonds is 0. The van der Waals surface area contributed by atoms with E-state index in [0.717, 1.165) is 9.39 Å². The van der Waals surface area contributed by atoms with Crippen molar-refractivity contribution in [2.75, 3.05) is 11.5 Å². The molecule has 4 N–H and O–H groups in total. The summed E-state index contributed by atoms with van der Waals surface area (Å²) in [4.78, 5) is 4.12. The minimum absolute atomic E-state index is 0.584. The van der Waals surface area contributed by atoms with E-state index in [-0.39, 0.29) is 0 Å². The van der Waals surface area contributed by atoms with Gasteiger partial charge in [-0.3, -0.25) is 0 Å². The maximum absolute atomic E-state index is 5.56. The molecular formula is C6H8IN3. The van der Waals surface area contributed by atoms with Gasteiger partial charge in [-0.15, -0.1) is 0 Å². The molecule has 1 aromatic rings. The van der Waals surface area contributed by atoms with Crippen LogP contribution in [-0.2, 0) is 0 Å². The van der Waals surface area contributed by atoms with Crippen LogP contribution in [0.25, 0.3) is 0 Å². The van der Waals surface area contributed by atoms with Gasteiger partial charge < -0.3 is 11.5 Å². The van der Waals surface area contributed by atoms with E-state index in [1.807, 2.05) is 6.92 Å². The van der Waals surface area contributed by atoms with Crippen LogP contribution in [0.15, 0.2) is 6.07 Å². The molecule has 0 aromatic carbocycles. The lowest BCUT2D eigenvalue weighted by molar-refractivity contribution is 1.17. The monoisotopic (exact) mass is 249 g/mol. The molecule has 0 saturated carbocycles. The summed E-state index contributed by atoms with van der Waals surface area (Å²) in [5.41, 5.74) is 13.1. The molecule has 10 heavy (non-hydrogen) atoms. The van der Waals surface area contributed by atoms with Crippen LogP contribution in [0.5, 0.6) is 0 Å². The molecule has 0 saturated heterocycles. The second kappa shape index (κ2) is 2.61. The Bertz CT molecular complexity index is 236. The van der Waals surface area contributed by atoms with Crippen LogP contribution < -0.4 is 11.5 Å². The van der Waals surface area contributed by atoms with Crippen molar-refractivity contribution in [3.8, 4) is 0 Å². The van der Waals surface area contributed by atoms with Crippen molar-refractivity contribution >= 4 is 34.0 Å². The third-order valence-corrected chi connectivity index (χ3v) is 1.80. The molecule has 0 spiro atoms. The molecule has 0 unspecified atom stereocenters. The van der Waals surface area contributed by atoms with Gasteiger partial charge in [0.2, 0.25) is 0 Å². The maximum atomic E-state index is 5.56. The molecule has 0 radical (unpaired) electrons. The minimum atomic E-state index is 0.584. The largest absolute Gasteiger partial charge is 0.397 e. The van der Waals surface area contributed by atoms with Crippen molar-refractivity contribution in [2.45, 2.75) is 6.92 Å². The zero-order valence-corrected chi connectivity index (χ0v) is 7.71. The van der Waals surface area contributed by atoms with E-state index in [1.54, 1.807) is 6.07 Å². The predicted molar refractivity (Wildman–Crippen MR) is 50.5 cm³/mol. The number of aromatic nitrogens is 1. The fourth-order valence-electron chi connectivity index (χ4n) is 0.668. The van der Waals surface area contributed by atoms with Crippen LogP contribution in [0.4, 0.5) is 11.4 Å². The molecule has 0 amide bonds. The predicted octanol–water partition coefficient (Wildman–Crippen LogP) is 1.16. The zero-order chi connectivity index (χ0) is 7.72. The number of nitrogens with two attached hydrogens (primary N) is 2. The first-order valence-electron chi connectivity index (χ1n) is 2.79. The molecule has 1 rings (SSSR count). The van der Waals surface area contributed by atoms with Gasteiger partial charge in [-0.05, 0) is 35.6 Å². The summed E-state index contributed by atoms with van der Waals surface area (Å²) in [6.45, 7) is 1.84. The highest BCUT2D eigenvalue weighted by molar-refractivity contribution is 14.1. The molecule has 0 bridgehead atoms. The second-order valence-electron chi connectivity index (χ2n) is 2.03. The van der Waals surface area contributed by atoms with Crippen LogP contribution in [0.3, 0.4) is 0 Å². The summed E-state index contributed by atoms with van der Waals surface area (Å²) in [6, 6.07) is 1.75. The number of aryl methyl sites for hydroxylation is 1. The first-order chi connectivity index (χ1) is 4.61. The summed E-state index contributed by atoms with van der Waals surface area (Å²) in [7, 11) is 0. The molecule has 0 atom stereocenters. The Morgan fingerprint density at radius 1 is 1.50 bits per heavy atom. The quantitative estimate of drug-likeness (QED) is 0.535. The van der Waals surface area contributed by atoms with Gasteiger partial charge in [-0.1, -0.05) is 0 Å². The molecule has 0 fully saturated rings. The van der Waals surface area contributed by atoms with Gasteiger partial charge in [0.05, 0.1) is 17.1 Å². The van der Waals surface area contributed by atoms with Crippen LogP contribution in [-0.4, -0.2) is 4.98 Å². The van der Waals surface area contributed by atoms with E-state index < -0.39 is 0 Å². The van der Waals surface area contributed by atoms with Gasteiger partial charge >= 0.3 is 0 Å². The van der Waals surface area contributed by atoms with Gasteiger partial charge in [0.15, 0.2) is 0 Å². The van der Waals surface area contributed by atoms with Crippen molar-refractivity contribution < 1.29 is 0 Å². The van der Waals surface area contributed by atoms with Gasteiger partial charge in [0.25, 0.3) is 0 Å². The summed E-state index contributed by atoms with van der Waals surface area (Å²) < 4.78 is 0.877. The summed E-state index contributed by atoms with van der Waals surface area (Å²) in [5.74, 6) is 0. The molecule has 54 valence electrons. The lowest BCUT2D eigenvalue weighted by Crippen LogP contribution is -2.00. The highest BCUT2D eigenvalue weighted by Gasteiger charge is 2.00. The average Bonchev–Trinajstić information content (AvgIpc) is 1.82. The number of pyridine rings is 1. The average molecular weight is 249 g/mol. The highest BCUT2D eigenvalue weighted by Crippen LogP contribution is 2.18. The number of halogens is 1. The van der Waals surface area contributed by atoms with Crippen LogP contribution in [0.2, 0.25) is 0 Å². The Morgan fingerprint density at radius 3 is 2.60 bits per heavy atom. The van der Waals surface area contributed by atoms with E-state index in [1.165, 1.54) is 0 Å². The van der Waals surface area contributed by atoms with E-state index in [9.17, 15) is 0 Å². The number of anilines is 2. The number of nitrogen functional groups attached to an aromatic ring is 2. The fraction of sp³-hybridized carbons (Fsp3) is 0.167. The molecule has 1 heterocycles. The lowest BCUT2D eigenvalue weighted by Gasteiger charge is -2.02. The van der Waals surface area contributed by atoms with Gasteiger partial charge in [-0.2, -0.15) is 0 Å². The topological polar surface area (TPSA) is 64.9 Å². The number of hydrogen-bond donors (Lipinski definition) is 2.